The van der Waals surface area contributed by atoms with Gasteiger partial charge in [-0.1, -0.05) is 5.16 Å². The molecule has 0 saturated carbocycles. The first kappa shape index (κ1) is 8.46. The third-order valence-corrected chi connectivity index (χ3v) is 0.616. The van der Waals surface area contributed by atoms with Gasteiger partial charge in [0.15, 0.2) is 0 Å². The van der Waals surface area contributed by atoms with Gasteiger partial charge < -0.3 is 10.9 Å². The molecule has 0 atom stereocenters. The van der Waals surface area contributed by atoms with Crippen molar-refractivity contribution in [3.63, 3.8) is 0 Å². The van der Waals surface area contributed by atoms with Crippen LogP contribution < -0.4 is 5.73 Å². The van der Waals surface area contributed by atoms with Crippen molar-refractivity contribution in [3.8, 4) is 0 Å². The summed E-state index contributed by atoms with van der Waals surface area (Å²) in [6, 6.07) is 0. The van der Waals surface area contributed by atoms with Crippen LogP contribution in [0.4, 0.5) is 0 Å². The molecule has 0 aromatic carbocycles. The van der Waals surface area contributed by atoms with E-state index in [0.29, 0.717) is 0 Å². The molecule has 0 aliphatic rings. The summed E-state index contributed by atoms with van der Waals surface area (Å²) in [7, 11) is 15.3. The second-order valence-corrected chi connectivity index (χ2v) is 1.88. The second-order valence-electron chi connectivity index (χ2n) is 1.88. The van der Waals surface area contributed by atoms with E-state index in [4.69, 9.17) is 34.5 Å². The molecule has 3 nitrogen and oxygen atoms in total. The van der Waals surface area contributed by atoms with E-state index in [9.17, 15) is 0 Å². The number of hydrogen-bond donors (Lipinski definition) is 2. The Morgan fingerprint density at radius 3 is 2.11 bits per heavy atom. The van der Waals surface area contributed by atoms with Gasteiger partial charge in [-0.05, 0) is 6.42 Å². The van der Waals surface area contributed by atoms with Crippen molar-refractivity contribution in [2.75, 3.05) is 0 Å². The predicted molar refractivity (Wildman–Crippen MR) is 38.0 cm³/mol. The van der Waals surface area contributed by atoms with E-state index in [0.717, 1.165) is 0 Å². The second kappa shape index (κ2) is 2.85. The van der Waals surface area contributed by atoms with Gasteiger partial charge in [0, 0.05) is 0 Å². The molecule has 0 amide bonds. The maximum absolute atomic E-state index is 7.99. The zero-order valence-electron chi connectivity index (χ0n) is 4.91. The zero-order chi connectivity index (χ0) is 7.49. The number of nitrogens with two attached hydrogens (primary N) is 1. The van der Waals surface area contributed by atoms with Crippen molar-refractivity contribution in [1.29, 1.82) is 0 Å². The highest BCUT2D eigenvalue weighted by molar-refractivity contribution is 6.59. The Hall–Kier alpha value is -0.535. The summed E-state index contributed by atoms with van der Waals surface area (Å²) >= 11 is 0. The number of rotatable bonds is 2. The van der Waals surface area contributed by atoms with E-state index in [-0.39, 0.29) is 12.3 Å². The molecule has 0 aliphatic heterocycles. The molecule has 9 heavy (non-hydrogen) atoms. The van der Waals surface area contributed by atoms with E-state index in [1.54, 1.807) is 0 Å². The van der Waals surface area contributed by atoms with Crippen molar-refractivity contribution in [3.05, 3.63) is 0 Å². The van der Waals surface area contributed by atoms with Crippen LogP contribution in [-0.2, 0) is 0 Å². The zero-order valence-corrected chi connectivity index (χ0v) is 4.91. The molecular formula is C3H5B3N2O. The lowest BCUT2D eigenvalue weighted by Crippen LogP contribution is -2.23. The molecule has 0 aliphatic carbocycles. The number of amidine groups is 1. The standard InChI is InChI=1S/C3H5B3N2O/c4-3(5,6)1-2(7)8-9/h9H,1H2,(H2,7,8). The van der Waals surface area contributed by atoms with Crippen LogP contribution in [0, 0.1) is 0 Å². The maximum atomic E-state index is 7.99. The van der Waals surface area contributed by atoms with E-state index in [1.165, 1.54) is 0 Å². The monoisotopic (exact) mass is 118 g/mol. The van der Waals surface area contributed by atoms with Crippen LogP contribution in [-0.4, -0.2) is 34.6 Å². The van der Waals surface area contributed by atoms with Crippen molar-refractivity contribution < 1.29 is 5.21 Å². The van der Waals surface area contributed by atoms with Gasteiger partial charge in [0.1, 0.15) is 5.84 Å². The first-order chi connectivity index (χ1) is 3.95. The van der Waals surface area contributed by atoms with Crippen molar-refractivity contribution in [1.82, 2.24) is 0 Å². The lowest BCUT2D eigenvalue weighted by Gasteiger charge is -2.16. The third-order valence-electron chi connectivity index (χ3n) is 0.616. The van der Waals surface area contributed by atoms with E-state index in [1.807, 2.05) is 0 Å². The molecule has 0 fully saturated rings. The molecule has 0 saturated heterocycles. The summed E-state index contributed by atoms with van der Waals surface area (Å²) in [4.78, 5) is 0. The van der Waals surface area contributed by atoms with Crippen LogP contribution in [0.15, 0.2) is 5.16 Å². The molecule has 0 aromatic heterocycles. The van der Waals surface area contributed by atoms with Gasteiger partial charge in [0.2, 0.25) is 0 Å². The molecule has 0 bridgehead atoms. The number of oxime groups is 1. The first-order valence-corrected chi connectivity index (χ1v) is 2.29. The third kappa shape index (κ3) is 5.33. The SMILES string of the molecule is [B]C([B])([B])C/C(N)=N/O. The smallest absolute Gasteiger partial charge is 0.137 e. The van der Waals surface area contributed by atoms with Crippen LogP contribution in [0.3, 0.4) is 0 Å². The largest absolute Gasteiger partial charge is 0.409 e. The molecule has 0 heterocycles. The highest BCUT2D eigenvalue weighted by Gasteiger charge is 2.10. The summed E-state index contributed by atoms with van der Waals surface area (Å²) in [6.07, 6.45) is -0.0382. The Labute approximate surface area is 57.9 Å². The molecule has 3 N–H and O–H groups in total. The molecule has 0 rings (SSSR count). The topological polar surface area (TPSA) is 58.6 Å². The van der Waals surface area contributed by atoms with Crippen LogP contribution in [0.25, 0.3) is 0 Å². The molecule has 42 valence electrons. The van der Waals surface area contributed by atoms with Crippen LogP contribution in [0.5, 0.6) is 0 Å². The molecule has 0 aromatic rings. The minimum atomic E-state index is -1.39. The fourth-order valence-corrected chi connectivity index (χ4v) is 0.349. The molecule has 0 unspecified atom stereocenters. The van der Waals surface area contributed by atoms with Crippen molar-refractivity contribution in [2.24, 2.45) is 10.9 Å². The van der Waals surface area contributed by atoms with Gasteiger partial charge in [-0.2, -0.15) is 0 Å². The average molecular weight is 118 g/mol. The summed E-state index contributed by atoms with van der Waals surface area (Å²) in [5, 5.41) is 9.23. The van der Waals surface area contributed by atoms with Gasteiger partial charge >= 0.3 is 0 Å². The molecule has 6 radical (unpaired) electrons. The van der Waals surface area contributed by atoms with Crippen LogP contribution in [0.2, 0.25) is 5.11 Å². The van der Waals surface area contributed by atoms with Gasteiger partial charge in [-0.15, -0.1) is 5.11 Å². The Kier molecular flexibility index (Phi) is 2.68. The molecular weight excluding hydrogens is 112 g/mol. The minimum absolute atomic E-state index is 0.0382. The fourth-order valence-electron chi connectivity index (χ4n) is 0.349. The van der Waals surface area contributed by atoms with Crippen LogP contribution >= 0.6 is 0 Å². The van der Waals surface area contributed by atoms with Crippen molar-refractivity contribution in [2.45, 2.75) is 11.5 Å². The van der Waals surface area contributed by atoms with Gasteiger partial charge in [0.25, 0.3) is 0 Å². The summed E-state index contributed by atoms with van der Waals surface area (Å²) in [6.45, 7) is 0. The first-order valence-electron chi connectivity index (χ1n) is 2.29. The Morgan fingerprint density at radius 2 is 2.00 bits per heavy atom. The quantitative estimate of drug-likeness (QED) is 0.155. The van der Waals surface area contributed by atoms with Crippen LogP contribution in [0.1, 0.15) is 6.42 Å². The summed E-state index contributed by atoms with van der Waals surface area (Å²) < 4.78 is 0. The minimum Gasteiger partial charge on any atom is -0.409 e. The molecule has 0 spiro atoms. The Balaban J connectivity index is 3.75. The molecule has 6 heteroatoms. The average Bonchev–Trinajstić information content (AvgIpc) is 1.62. The highest BCUT2D eigenvalue weighted by atomic mass is 16.4. The summed E-state index contributed by atoms with van der Waals surface area (Å²) in [5.41, 5.74) is 5.02. The Morgan fingerprint density at radius 1 is 1.56 bits per heavy atom. The predicted octanol–water partition coefficient (Wildman–Crippen LogP) is -1.30. The lowest BCUT2D eigenvalue weighted by atomic mass is 9.41. The lowest BCUT2D eigenvalue weighted by molar-refractivity contribution is 0.317. The Bertz CT molecular complexity index is 119. The highest BCUT2D eigenvalue weighted by Crippen LogP contribution is 2.13. The maximum Gasteiger partial charge on any atom is 0.137 e. The summed E-state index contributed by atoms with van der Waals surface area (Å²) in [5.74, 6) is -0.0810. The van der Waals surface area contributed by atoms with E-state index < -0.39 is 5.11 Å². The van der Waals surface area contributed by atoms with Gasteiger partial charge in [-0.25, -0.2) is 0 Å². The van der Waals surface area contributed by atoms with Gasteiger partial charge in [-0.3, -0.25) is 0 Å². The number of hydrogen-bond acceptors (Lipinski definition) is 2. The fraction of sp³-hybridized carbons (Fsp3) is 0.667. The normalized spacial score (nSPS) is 13.6. The van der Waals surface area contributed by atoms with Gasteiger partial charge in [0.05, 0.1) is 23.5 Å². The van der Waals surface area contributed by atoms with E-state index in [2.05, 4.69) is 5.16 Å². The van der Waals surface area contributed by atoms with E-state index >= 15 is 0 Å². The van der Waals surface area contributed by atoms with Crippen molar-refractivity contribution >= 4 is 29.4 Å². The number of nitrogens with zero attached hydrogens (tertiary/aromatic N) is 1.